The van der Waals surface area contributed by atoms with Gasteiger partial charge in [0.2, 0.25) is 5.91 Å². The number of nitrogens with two attached hydrogens (primary N) is 1. The molecule has 2 saturated heterocycles. The van der Waals surface area contributed by atoms with E-state index < -0.39 is 11.9 Å². The molecule has 1 unspecified atom stereocenters. The maximum atomic E-state index is 12.1. The zero-order chi connectivity index (χ0) is 27.1. The molecule has 2 aliphatic heterocycles. The number of amides is 4. The van der Waals surface area contributed by atoms with Crippen LogP contribution in [0.4, 0.5) is 10.6 Å². The van der Waals surface area contributed by atoms with Crippen LogP contribution >= 0.6 is 11.3 Å². The van der Waals surface area contributed by atoms with Gasteiger partial charge in [-0.3, -0.25) is 19.8 Å². The number of carbonyl (C=O) groups is 3. The number of primary amides is 1. The van der Waals surface area contributed by atoms with Gasteiger partial charge in [-0.25, -0.2) is 19.7 Å². The number of piperidine rings is 1. The molecule has 0 bridgehead atoms. The van der Waals surface area contributed by atoms with Crippen molar-refractivity contribution < 1.29 is 19.5 Å². The second-order valence-electron chi connectivity index (χ2n) is 10.6. The lowest BCUT2D eigenvalue weighted by atomic mass is 9.74. The molecule has 3 aliphatic rings. The summed E-state index contributed by atoms with van der Waals surface area (Å²) in [4.78, 5) is 54.0. The molecule has 3 aromatic rings. The summed E-state index contributed by atoms with van der Waals surface area (Å²) in [5.74, 6) is -0.166. The van der Waals surface area contributed by atoms with Gasteiger partial charge in [-0.15, -0.1) is 0 Å². The Hall–Kier alpha value is -3.48. The molecule has 11 nitrogen and oxygen atoms in total. The Bertz CT molecular complexity index is 1420. The zero-order valence-corrected chi connectivity index (χ0v) is 22.3. The molecule has 0 saturated carbocycles. The Morgan fingerprint density at radius 2 is 2.03 bits per heavy atom. The van der Waals surface area contributed by atoms with Crippen molar-refractivity contribution in [2.75, 3.05) is 31.1 Å². The number of aromatic nitrogens is 3. The Balaban J connectivity index is 1.32. The Morgan fingerprint density at radius 1 is 1.21 bits per heavy atom. The SMILES string of the molecule is NC(=O)c1nc2cc3c(nc2s1)C([C@@H](CCN1CCC(O)CC1)c1ccc(N2CC(=O)NC2=O)nc1)CCC3. The van der Waals surface area contributed by atoms with Crippen molar-refractivity contribution in [3.8, 4) is 0 Å². The monoisotopic (exact) mass is 549 g/mol. The highest BCUT2D eigenvalue weighted by molar-refractivity contribution is 7.19. The lowest BCUT2D eigenvalue weighted by molar-refractivity contribution is -0.117. The summed E-state index contributed by atoms with van der Waals surface area (Å²) in [5, 5.41) is 12.5. The van der Waals surface area contributed by atoms with Crippen LogP contribution in [0.1, 0.15) is 70.6 Å². The van der Waals surface area contributed by atoms with Crippen molar-refractivity contribution in [1.82, 2.24) is 25.2 Å². The first-order valence-electron chi connectivity index (χ1n) is 13.4. The average molecular weight is 550 g/mol. The van der Waals surface area contributed by atoms with Crippen molar-refractivity contribution in [3.63, 3.8) is 0 Å². The van der Waals surface area contributed by atoms with Gasteiger partial charge < -0.3 is 15.7 Å². The molecular weight excluding hydrogens is 518 g/mol. The molecule has 3 aromatic heterocycles. The number of aliphatic hydroxyl groups excluding tert-OH is 1. The number of nitrogens with one attached hydrogen (secondary N) is 1. The van der Waals surface area contributed by atoms with Gasteiger partial charge in [0.25, 0.3) is 5.91 Å². The van der Waals surface area contributed by atoms with E-state index in [4.69, 9.17) is 10.7 Å². The van der Waals surface area contributed by atoms with Crippen molar-refractivity contribution in [1.29, 1.82) is 0 Å². The molecule has 12 heteroatoms. The van der Waals surface area contributed by atoms with E-state index >= 15 is 0 Å². The molecule has 1 aliphatic carbocycles. The first-order valence-corrected chi connectivity index (χ1v) is 14.2. The van der Waals surface area contributed by atoms with Crippen LogP contribution in [0.25, 0.3) is 10.3 Å². The first-order chi connectivity index (χ1) is 18.9. The van der Waals surface area contributed by atoms with Crippen LogP contribution < -0.4 is 16.0 Å². The van der Waals surface area contributed by atoms with E-state index in [9.17, 15) is 19.5 Å². The number of aryl methyl sites for hydroxylation is 1. The standard InChI is InChI=1S/C27H31N7O4S/c28-24(37)26-30-20-12-15-2-1-3-19(23(15)32-25(20)39-26)18(8-11-33-9-6-17(35)7-10-33)16-4-5-21(29-13-16)34-14-22(36)31-27(34)38/h4-5,12-13,17-19,35H,1-3,6-11,14H2,(H2,28,37)(H,31,36,38)/t18-,19?/m0/s1. The average Bonchev–Trinajstić information content (AvgIpc) is 3.51. The molecule has 0 spiro atoms. The minimum absolute atomic E-state index is 0.0342. The first kappa shape index (κ1) is 25.8. The van der Waals surface area contributed by atoms with Crippen LogP contribution in [-0.4, -0.2) is 75.1 Å². The molecule has 2 atom stereocenters. The number of hydrogen-bond donors (Lipinski definition) is 3. The molecule has 5 heterocycles. The topological polar surface area (TPSA) is 155 Å². The predicted molar refractivity (Wildman–Crippen MR) is 146 cm³/mol. The molecule has 39 heavy (non-hydrogen) atoms. The smallest absolute Gasteiger partial charge is 0.330 e. The van der Waals surface area contributed by atoms with Crippen LogP contribution in [-0.2, 0) is 11.2 Å². The Labute approximate surface area is 229 Å². The van der Waals surface area contributed by atoms with Crippen LogP contribution in [0.15, 0.2) is 24.4 Å². The summed E-state index contributed by atoms with van der Waals surface area (Å²) < 4.78 is 0. The van der Waals surface area contributed by atoms with Crippen LogP contribution in [0, 0.1) is 0 Å². The number of pyridine rings is 2. The number of aliphatic hydroxyl groups is 1. The van der Waals surface area contributed by atoms with Gasteiger partial charge in [0.1, 0.15) is 22.7 Å². The highest BCUT2D eigenvalue weighted by Crippen LogP contribution is 2.44. The van der Waals surface area contributed by atoms with E-state index in [-0.39, 0.29) is 35.4 Å². The van der Waals surface area contributed by atoms with Gasteiger partial charge in [0.15, 0.2) is 5.01 Å². The van der Waals surface area contributed by atoms with E-state index in [2.05, 4.69) is 26.3 Å². The van der Waals surface area contributed by atoms with Gasteiger partial charge in [0, 0.05) is 30.9 Å². The third-order valence-corrected chi connectivity index (χ3v) is 9.07. The number of imide groups is 1. The Kier molecular flexibility index (Phi) is 7.00. The summed E-state index contributed by atoms with van der Waals surface area (Å²) >= 11 is 1.23. The lowest BCUT2D eigenvalue weighted by Gasteiger charge is -2.35. The minimum atomic E-state index is -0.545. The number of nitrogens with zero attached hydrogens (tertiary/aromatic N) is 5. The van der Waals surface area contributed by atoms with Crippen LogP contribution in [0.3, 0.4) is 0 Å². The summed E-state index contributed by atoms with van der Waals surface area (Å²) in [6.07, 6.45) is 6.97. The molecule has 2 fully saturated rings. The number of urea groups is 1. The molecule has 0 radical (unpaired) electrons. The zero-order valence-electron chi connectivity index (χ0n) is 21.5. The van der Waals surface area contributed by atoms with E-state index in [1.807, 2.05) is 12.3 Å². The third-order valence-electron chi connectivity index (χ3n) is 8.09. The molecule has 204 valence electrons. The fourth-order valence-corrected chi connectivity index (χ4v) is 6.83. The molecule has 4 amide bonds. The fourth-order valence-electron chi connectivity index (χ4n) is 6.05. The largest absolute Gasteiger partial charge is 0.393 e. The van der Waals surface area contributed by atoms with E-state index in [0.29, 0.717) is 11.3 Å². The van der Waals surface area contributed by atoms with Gasteiger partial charge in [-0.1, -0.05) is 17.4 Å². The second-order valence-corrected chi connectivity index (χ2v) is 11.6. The van der Waals surface area contributed by atoms with Crippen molar-refractivity contribution >= 4 is 45.3 Å². The maximum Gasteiger partial charge on any atom is 0.330 e. The Morgan fingerprint density at radius 3 is 2.72 bits per heavy atom. The van der Waals surface area contributed by atoms with E-state index in [1.54, 1.807) is 6.07 Å². The van der Waals surface area contributed by atoms with Crippen LogP contribution in [0.2, 0.25) is 0 Å². The van der Waals surface area contributed by atoms with E-state index in [0.717, 1.165) is 79.8 Å². The number of carbonyl (C=O) groups excluding carboxylic acids is 3. The van der Waals surface area contributed by atoms with Gasteiger partial charge in [-0.2, -0.15) is 0 Å². The molecular formula is C27H31N7O4S. The summed E-state index contributed by atoms with van der Waals surface area (Å²) in [7, 11) is 0. The molecule has 6 rings (SSSR count). The highest BCUT2D eigenvalue weighted by Gasteiger charge is 2.33. The summed E-state index contributed by atoms with van der Waals surface area (Å²) in [5.41, 5.74) is 9.45. The minimum Gasteiger partial charge on any atom is -0.393 e. The third kappa shape index (κ3) is 5.23. The number of likely N-dealkylation sites (tertiary alicyclic amines) is 1. The quantitative estimate of drug-likeness (QED) is 0.379. The van der Waals surface area contributed by atoms with Gasteiger partial charge in [0.05, 0.1) is 6.10 Å². The number of fused-ring (bicyclic) bond motifs is 2. The predicted octanol–water partition coefficient (Wildman–Crippen LogP) is 2.29. The molecule has 4 N–H and O–H groups in total. The van der Waals surface area contributed by atoms with Crippen LogP contribution in [0.5, 0.6) is 0 Å². The summed E-state index contributed by atoms with van der Waals surface area (Å²) in [6.45, 7) is 2.61. The van der Waals surface area contributed by atoms with Crippen molar-refractivity contribution in [2.24, 2.45) is 5.73 Å². The van der Waals surface area contributed by atoms with E-state index in [1.165, 1.54) is 16.2 Å². The fraction of sp³-hybridized carbons (Fsp3) is 0.481. The van der Waals surface area contributed by atoms with Gasteiger partial charge >= 0.3 is 6.03 Å². The maximum absolute atomic E-state index is 12.1. The number of anilines is 1. The van der Waals surface area contributed by atoms with Gasteiger partial charge in [-0.05, 0) is 74.2 Å². The molecule has 0 aromatic carbocycles. The number of thiazole rings is 1. The van der Waals surface area contributed by atoms with Crippen molar-refractivity contribution in [3.05, 3.63) is 46.2 Å². The normalized spacial score (nSPS) is 21.3. The second kappa shape index (κ2) is 10.6. The lowest BCUT2D eigenvalue weighted by Crippen LogP contribution is -2.37. The van der Waals surface area contributed by atoms with Crippen molar-refractivity contribution in [2.45, 2.75) is 56.5 Å². The number of hydrogen-bond acceptors (Lipinski definition) is 9. The highest BCUT2D eigenvalue weighted by atomic mass is 32.1. The summed E-state index contributed by atoms with van der Waals surface area (Å²) in [6, 6.07) is 5.41. The number of rotatable bonds is 7.